The minimum absolute atomic E-state index is 0.243. The van der Waals surface area contributed by atoms with E-state index in [4.69, 9.17) is 0 Å². The highest BCUT2D eigenvalue weighted by Crippen LogP contribution is 2.50. The molecule has 5 rings (SSSR count). The Balaban J connectivity index is 1.33. The number of amides is 1. The molecule has 2 fully saturated rings. The normalized spacial score (nSPS) is 18.7. The Hall–Kier alpha value is -2.34. The largest absolute Gasteiger partial charge is 0.378 e. The summed E-state index contributed by atoms with van der Waals surface area (Å²) in [6, 6.07) is 9.42. The summed E-state index contributed by atoms with van der Waals surface area (Å²) in [6.07, 6.45) is 12.9. The zero-order valence-corrected chi connectivity index (χ0v) is 25.5. The second-order valence-corrected chi connectivity index (χ2v) is 12.9. The van der Waals surface area contributed by atoms with Gasteiger partial charge in [0.1, 0.15) is 0 Å². The number of fused-ring (bicyclic) bond motifs is 2. The molecule has 2 heterocycles. The third-order valence-electron chi connectivity index (χ3n) is 8.96. The van der Waals surface area contributed by atoms with Crippen molar-refractivity contribution in [2.45, 2.75) is 94.3 Å². The van der Waals surface area contributed by atoms with E-state index in [-0.39, 0.29) is 5.92 Å². The summed E-state index contributed by atoms with van der Waals surface area (Å²) in [4.78, 5) is 23.1. The lowest BCUT2D eigenvalue weighted by atomic mass is 9.95. The molecule has 1 N–H and O–H groups in total. The molecule has 0 radical (unpaired) electrons. The number of nitrogens with zero attached hydrogens (tertiary/aromatic N) is 3. The van der Waals surface area contributed by atoms with Gasteiger partial charge in [-0.15, -0.1) is 0 Å². The lowest BCUT2D eigenvalue weighted by Crippen LogP contribution is -2.39. The zero-order chi connectivity index (χ0) is 27.4. The van der Waals surface area contributed by atoms with Crippen LogP contribution in [0.15, 0.2) is 34.1 Å². The molecule has 39 heavy (non-hydrogen) atoms. The van der Waals surface area contributed by atoms with E-state index in [0.717, 1.165) is 58.3 Å². The van der Waals surface area contributed by atoms with E-state index < -0.39 is 0 Å². The molecule has 212 valence electrons. The number of nitrogens with one attached hydrogen (secondary N) is 1. The maximum absolute atomic E-state index is 13.6. The van der Waals surface area contributed by atoms with Crippen molar-refractivity contribution in [3.05, 3.63) is 35.4 Å². The van der Waals surface area contributed by atoms with Crippen molar-refractivity contribution in [2.75, 3.05) is 55.4 Å². The maximum atomic E-state index is 13.6. The van der Waals surface area contributed by atoms with Gasteiger partial charge in [-0.1, -0.05) is 64.1 Å². The molecule has 1 amide bonds. The lowest BCUT2D eigenvalue weighted by molar-refractivity contribution is -0.135. The third kappa shape index (κ3) is 6.37. The van der Waals surface area contributed by atoms with Crippen LogP contribution < -0.4 is 15.1 Å². The van der Waals surface area contributed by atoms with Crippen LogP contribution in [0.25, 0.3) is 0 Å². The molecular weight excluding hydrogens is 500 g/mol. The van der Waals surface area contributed by atoms with Crippen LogP contribution in [-0.4, -0.2) is 51.1 Å². The highest BCUT2D eigenvalue weighted by Gasteiger charge is 2.28. The quantitative estimate of drug-likeness (QED) is 0.351. The van der Waals surface area contributed by atoms with E-state index in [9.17, 15) is 4.79 Å². The van der Waals surface area contributed by atoms with Crippen LogP contribution in [0.4, 0.5) is 22.7 Å². The molecule has 1 aliphatic carbocycles. The average molecular weight is 549 g/mol. The van der Waals surface area contributed by atoms with Gasteiger partial charge >= 0.3 is 0 Å². The van der Waals surface area contributed by atoms with Gasteiger partial charge in [0, 0.05) is 67.4 Å². The number of aryl methyl sites for hydroxylation is 2. The molecule has 1 saturated heterocycles. The van der Waals surface area contributed by atoms with Gasteiger partial charge in [0.05, 0.1) is 11.4 Å². The number of benzene rings is 2. The van der Waals surface area contributed by atoms with E-state index in [1.807, 2.05) is 11.8 Å². The van der Waals surface area contributed by atoms with E-state index in [1.54, 1.807) is 0 Å². The fraction of sp³-hybridized carbons (Fsp3) is 0.606. The number of hydrogen-bond donors (Lipinski definition) is 1. The van der Waals surface area contributed by atoms with Gasteiger partial charge in [0.2, 0.25) is 5.91 Å². The van der Waals surface area contributed by atoms with Crippen LogP contribution in [-0.2, 0) is 17.6 Å². The average Bonchev–Trinajstić information content (AvgIpc) is 3.11. The first-order chi connectivity index (χ1) is 19.0. The lowest BCUT2D eigenvalue weighted by Gasteiger charge is -2.30. The molecule has 2 aliphatic heterocycles. The Bertz CT molecular complexity index is 1150. The summed E-state index contributed by atoms with van der Waals surface area (Å²) in [5.41, 5.74) is 7.86. The number of carbonyl (C=O) groups excluding carboxylic acids is 1. The molecule has 2 aromatic carbocycles. The molecule has 0 spiro atoms. The Morgan fingerprint density at radius 1 is 0.821 bits per heavy atom. The topological polar surface area (TPSA) is 38.8 Å². The first-order valence-corrected chi connectivity index (χ1v) is 16.3. The first kappa shape index (κ1) is 28.2. The summed E-state index contributed by atoms with van der Waals surface area (Å²) in [7, 11) is 4.24. The van der Waals surface area contributed by atoms with Crippen molar-refractivity contribution < 1.29 is 4.79 Å². The summed E-state index contributed by atoms with van der Waals surface area (Å²) in [5, 5.41) is 3.85. The van der Waals surface area contributed by atoms with E-state index >= 15 is 0 Å². The van der Waals surface area contributed by atoms with Crippen molar-refractivity contribution in [3.63, 3.8) is 0 Å². The molecule has 0 aromatic heterocycles. The Morgan fingerprint density at radius 2 is 1.46 bits per heavy atom. The van der Waals surface area contributed by atoms with E-state index in [2.05, 4.69) is 72.2 Å². The van der Waals surface area contributed by atoms with Gasteiger partial charge in [-0.25, -0.2) is 0 Å². The Kier molecular flexibility index (Phi) is 9.32. The number of rotatable bonds is 5. The van der Waals surface area contributed by atoms with Crippen LogP contribution in [0, 0.1) is 5.92 Å². The number of carbonyl (C=O) groups is 1. The van der Waals surface area contributed by atoms with E-state index in [0.29, 0.717) is 5.91 Å². The molecule has 5 nitrogen and oxygen atoms in total. The molecule has 0 bridgehead atoms. The molecule has 0 atom stereocenters. The summed E-state index contributed by atoms with van der Waals surface area (Å²) in [5.74, 6) is 0.672. The van der Waals surface area contributed by atoms with Gasteiger partial charge in [0.25, 0.3) is 0 Å². The molecule has 0 unspecified atom stereocenters. The first-order valence-electron chi connectivity index (χ1n) is 15.5. The van der Waals surface area contributed by atoms with Gasteiger partial charge in [-0.3, -0.25) is 4.79 Å². The highest BCUT2D eigenvalue weighted by molar-refractivity contribution is 7.99. The monoisotopic (exact) mass is 548 g/mol. The van der Waals surface area contributed by atoms with Gasteiger partial charge in [-0.2, -0.15) is 0 Å². The molecule has 3 aliphatic rings. The fourth-order valence-corrected chi connectivity index (χ4v) is 7.70. The third-order valence-corrected chi connectivity index (χ3v) is 10.0. The Labute approximate surface area is 240 Å². The summed E-state index contributed by atoms with van der Waals surface area (Å²) in [6.45, 7) is 8.17. The van der Waals surface area contributed by atoms with Crippen LogP contribution in [0.5, 0.6) is 0 Å². The number of anilines is 4. The van der Waals surface area contributed by atoms with Gasteiger partial charge in [-0.05, 0) is 67.5 Å². The van der Waals surface area contributed by atoms with Crippen molar-refractivity contribution >= 4 is 40.4 Å². The summed E-state index contributed by atoms with van der Waals surface area (Å²) >= 11 is 1.91. The molecule has 6 heteroatoms. The van der Waals surface area contributed by atoms with Crippen LogP contribution in [0.3, 0.4) is 0 Å². The predicted molar refractivity (Wildman–Crippen MR) is 167 cm³/mol. The van der Waals surface area contributed by atoms with Crippen molar-refractivity contribution in [1.29, 1.82) is 0 Å². The van der Waals surface area contributed by atoms with Crippen molar-refractivity contribution in [3.8, 4) is 0 Å². The SMILES string of the molecule is CCc1cc(N(C)C)cc2c1Nc1c(CC)cc(N3CCCN(C(=O)C4CCCCCCCC4)CC3)cc1S2. The van der Waals surface area contributed by atoms with Crippen LogP contribution in [0.1, 0.15) is 82.8 Å². The molecular formula is C33H48N4OS. The summed E-state index contributed by atoms with van der Waals surface area (Å²) < 4.78 is 0. The zero-order valence-electron chi connectivity index (χ0n) is 24.7. The van der Waals surface area contributed by atoms with Crippen LogP contribution >= 0.6 is 11.8 Å². The van der Waals surface area contributed by atoms with Crippen LogP contribution in [0.2, 0.25) is 0 Å². The van der Waals surface area contributed by atoms with Gasteiger partial charge < -0.3 is 20.0 Å². The standard InChI is InChI=1S/C33H48N4OS/c1-5-24-20-27(35(3)4)22-29-31(24)34-32-25(6-2)21-28(23-30(32)39-29)36-16-13-17-37(19-18-36)33(38)26-14-11-9-7-8-10-12-15-26/h20-23,26,34H,5-19H2,1-4H3. The Morgan fingerprint density at radius 3 is 2.13 bits per heavy atom. The molecule has 2 aromatic rings. The van der Waals surface area contributed by atoms with Gasteiger partial charge in [0.15, 0.2) is 0 Å². The second kappa shape index (κ2) is 12.9. The van der Waals surface area contributed by atoms with Crippen molar-refractivity contribution in [1.82, 2.24) is 4.90 Å². The fourth-order valence-electron chi connectivity index (χ4n) is 6.53. The molecule has 1 saturated carbocycles. The minimum atomic E-state index is 0.243. The minimum Gasteiger partial charge on any atom is -0.378 e. The maximum Gasteiger partial charge on any atom is 0.225 e. The predicted octanol–water partition coefficient (Wildman–Crippen LogP) is 7.87. The second-order valence-electron chi connectivity index (χ2n) is 11.8. The number of hydrogen-bond acceptors (Lipinski definition) is 5. The van der Waals surface area contributed by atoms with Crippen molar-refractivity contribution in [2.24, 2.45) is 5.92 Å². The smallest absolute Gasteiger partial charge is 0.225 e. The highest BCUT2D eigenvalue weighted by atomic mass is 32.2. The van der Waals surface area contributed by atoms with E-state index in [1.165, 1.54) is 82.2 Å².